The van der Waals surface area contributed by atoms with Gasteiger partial charge < -0.3 is 28.4 Å². The fourth-order valence-corrected chi connectivity index (χ4v) is 10.8. The number of hydrogen-bond donors (Lipinski definition) is 0. The van der Waals surface area contributed by atoms with Crippen LogP contribution in [0.4, 0.5) is 17.6 Å². The first-order valence-corrected chi connectivity index (χ1v) is 23.9. The Bertz CT molecular complexity index is 3020. The van der Waals surface area contributed by atoms with Crippen LogP contribution in [-0.2, 0) is 32.2 Å². The molecule has 0 spiro atoms. The zero-order valence-electron chi connectivity index (χ0n) is 38.7. The predicted molar refractivity (Wildman–Crippen MR) is 255 cm³/mol. The van der Waals surface area contributed by atoms with Gasteiger partial charge in [0, 0.05) is 78.1 Å². The number of aromatic nitrogens is 6. The van der Waals surface area contributed by atoms with E-state index in [0.717, 1.165) is 76.8 Å². The molecule has 2 amide bonds. The van der Waals surface area contributed by atoms with Crippen molar-refractivity contribution in [2.75, 3.05) is 40.5 Å². The standard InChI is InChI=1S/C26H28F2N4O2.C26H26F2N4O2.CH4/c2*1-14-26(33)31(2)13-21-23(30-25(32(14)21)16-6-7-16)17-4-3-5-20-18(17)12-19(24(27)28)22(29-20)15-8-10-34-11-9-15;/h3-5,12,14-16,24H,6-11,13H2,1-2H3;3-5,8,12,14,16,24H,6-7,9-11,13H2,1-2H3;1H4. The number of pyridine rings is 2. The highest BCUT2D eigenvalue weighted by molar-refractivity contribution is 5.97. The van der Waals surface area contributed by atoms with Gasteiger partial charge in [0.05, 0.1) is 71.5 Å². The van der Waals surface area contributed by atoms with Crippen molar-refractivity contribution in [2.45, 2.75) is 122 Å². The van der Waals surface area contributed by atoms with Gasteiger partial charge in [-0.1, -0.05) is 37.8 Å². The van der Waals surface area contributed by atoms with Gasteiger partial charge in [0.1, 0.15) is 23.7 Å². The summed E-state index contributed by atoms with van der Waals surface area (Å²) in [5.41, 5.74) is 8.00. The van der Waals surface area contributed by atoms with Gasteiger partial charge in [0.15, 0.2) is 0 Å². The Labute approximate surface area is 398 Å². The molecular formula is C53H58F4N8O4. The number of hydrogen-bond acceptors (Lipinski definition) is 8. The Morgan fingerprint density at radius 2 is 1.12 bits per heavy atom. The van der Waals surface area contributed by atoms with E-state index in [0.29, 0.717) is 104 Å². The van der Waals surface area contributed by atoms with E-state index < -0.39 is 12.9 Å². The minimum Gasteiger partial charge on any atom is -0.381 e. The minimum atomic E-state index is -2.65. The van der Waals surface area contributed by atoms with E-state index in [1.165, 1.54) is 0 Å². The van der Waals surface area contributed by atoms with Crippen molar-refractivity contribution in [3.05, 3.63) is 100 Å². The Balaban J connectivity index is 0.000000158. The molecule has 0 N–H and O–H groups in total. The number of likely N-dealkylation sites (N-methyl/N-ethyl adjacent to an activating group) is 2. The average Bonchev–Trinajstić information content (AvgIpc) is 4.31. The maximum absolute atomic E-state index is 14.2. The van der Waals surface area contributed by atoms with Crippen LogP contribution in [0.25, 0.3) is 49.9 Å². The molecular weight excluding hydrogens is 889 g/mol. The fourth-order valence-electron chi connectivity index (χ4n) is 10.8. The van der Waals surface area contributed by atoms with Crippen LogP contribution in [0, 0.1) is 0 Å². The molecule has 6 aliphatic rings. The molecule has 1 saturated heterocycles. The molecule has 16 heteroatoms. The van der Waals surface area contributed by atoms with Gasteiger partial charge in [-0.2, -0.15) is 0 Å². The first-order chi connectivity index (χ1) is 32.9. The summed E-state index contributed by atoms with van der Waals surface area (Å²) in [7, 11) is 3.60. The van der Waals surface area contributed by atoms with Crippen LogP contribution in [0.3, 0.4) is 0 Å². The number of nitrogens with zero attached hydrogens (tertiary/aromatic N) is 8. The first-order valence-electron chi connectivity index (χ1n) is 23.9. The second-order valence-corrected chi connectivity index (χ2v) is 19.2. The SMILES string of the molecule is C.CC1C(=O)N(C)Cc2c(-c3cccc4nc(C5=CCOCC5)c(C(F)F)cc34)nc(C3CC3)n21.CC1C(=O)N(C)Cc2c(-c3cccc4nc(C5CCOCC5)c(C(F)F)cc34)nc(C3CC3)n21. The summed E-state index contributed by atoms with van der Waals surface area (Å²) in [6.45, 7) is 6.77. The topological polar surface area (TPSA) is 120 Å². The minimum absolute atomic E-state index is 0. The zero-order valence-corrected chi connectivity index (χ0v) is 38.7. The van der Waals surface area contributed by atoms with Crippen molar-refractivity contribution in [3.8, 4) is 22.5 Å². The van der Waals surface area contributed by atoms with Gasteiger partial charge in [-0.05, 0) is 88.6 Å². The smallest absolute Gasteiger partial charge is 0.265 e. The summed E-state index contributed by atoms with van der Waals surface area (Å²) >= 11 is 0. The third kappa shape index (κ3) is 8.30. The molecule has 12 rings (SSSR count). The van der Waals surface area contributed by atoms with Crippen molar-refractivity contribution in [1.82, 2.24) is 38.9 Å². The lowest BCUT2D eigenvalue weighted by Crippen LogP contribution is -2.39. The number of fused-ring (bicyclic) bond motifs is 4. The molecule has 3 fully saturated rings. The summed E-state index contributed by atoms with van der Waals surface area (Å²) < 4.78 is 71.9. The molecule has 4 aromatic heterocycles. The molecule has 8 heterocycles. The molecule has 69 heavy (non-hydrogen) atoms. The molecule has 2 atom stereocenters. The fraction of sp³-hybridized carbons (Fsp3) is 0.472. The number of rotatable bonds is 8. The highest BCUT2D eigenvalue weighted by Crippen LogP contribution is 2.47. The van der Waals surface area contributed by atoms with Gasteiger partial charge in [-0.15, -0.1) is 0 Å². The molecule has 2 unspecified atom stereocenters. The normalized spacial score (nSPS) is 20.8. The maximum atomic E-state index is 14.2. The van der Waals surface area contributed by atoms with Gasteiger partial charge >= 0.3 is 0 Å². The van der Waals surface area contributed by atoms with E-state index in [1.54, 1.807) is 36.0 Å². The Morgan fingerprint density at radius 3 is 1.59 bits per heavy atom. The van der Waals surface area contributed by atoms with Crippen LogP contribution in [0.15, 0.2) is 54.6 Å². The van der Waals surface area contributed by atoms with Crippen molar-refractivity contribution in [1.29, 1.82) is 0 Å². The summed E-state index contributed by atoms with van der Waals surface area (Å²) in [4.78, 5) is 48.4. The predicted octanol–water partition coefficient (Wildman–Crippen LogP) is 11.2. The molecule has 0 bridgehead atoms. The van der Waals surface area contributed by atoms with Gasteiger partial charge in [0.25, 0.3) is 12.9 Å². The van der Waals surface area contributed by atoms with Gasteiger partial charge in [-0.25, -0.2) is 32.5 Å². The van der Waals surface area contributed by atoms with Crippen LogP contribution in [0.5, 0.6) is 0 Å². The lowest BCUT2D eigenvalue weighted by Gasteiger charge is -2.31. The molecule has 6 aromatic rings. The number of carbonyl (C=O) groups is 2. The van der Waals surface area contributed by atoms with Gasteiger partial charge in [-0.3, -0.25) is 14.6 Å². The van der Waals surface area contributed by atoms with Crippen molar-refractivity contribution >= 4 is 39.2 Å². The Morgan fingerprint density at radius 1 is 0.609 bits per heavy atom. The summed E-state index contributed by atoms with van der Waals surface area (Å²) in [5.74, 6) is 2.69. The van der Waals surface area contributed by atoms with Crippen LogP contribution in [0.1, 0.15) is 154 Å². The number of alkyl halides is 4. The van der Waals surface area contributed by atoms with E-state index in [4.69, 9.17) is 29.4 Å². The van der Waals surface area contributed by atoms with Crippen molar-refractivity contribution in [2.24, 2.45) is 0 Å². The van der Waals surface area contributed by atoms with E-state index in [1.807, 2.05) is 56.3 Å². The van der Waals surface area contributed by atoms with Crippen molar-refractivity contribution < 1.29 is 36.6 Å². The van der Waals surface area contributed by atoms with E-state index in [9.17, 15) is 27.2 Å². The number of benzene rings is 2. The maximum Gasteiger partial charge on any atom is 0.265 e. The first kappa shape index (κ1) is 46.7. The summed E-state index contributed by atoms with van der Waals surface area (Å²) in [5, 5.41) is 1.34. The lowest BCUT2D eigenvalue weighted by atomic mass is 9.91. The highest BCUT2D eigenvalue weighted by atomic mass is 19.3. The number of ether oxygens (including phenoxy) is 2. The molecule has 0 radical (unpaired) electrons. The second kappa shape index (κ2) is 18.4. The van der Waals surface area contributed by atoms with Crippen LogP contribution in [0.2, 0.25) is 0 Å². The zero-order chi connectivity index (χ0) is 47.1. The average molecular weight is 947 g/mol. The monoisotopic (exact) mass is 946 g/mol. The van der Waals surface area contributed by atoms with Crippen LogP contribution >= 0.6 is 0 Å². The Hall–Kier alpha value is -6.00. The number of halogens is 4. The summed E-state index contributed by atoms with van der Waals surface area (Å²) in [6, 6.07) is 14.0. The molecule has 2 aliphatic carbocycles. The summed E-state index contributed by atoms with van der Waals surface area (Å²) in [6.07, 6.45) is 2.80. The molecule has 2 aromatic carbocycles. The van der Waals surface area contributed by atoms with Gasteiger partial charge in [0.2, 0.25) is 11.8 Å². The quantitative estimate of drug-likeness (QED) is 0.138. The highest BCUT2D eigenvalue weighted by Gasteiger charge is 2.40. The second-order valence-electron chi connectivity index (χ2n) is 19.2. The van der Waals surface area contributed by atoms with E-state index >= 15 is 0 Å². The van der Waals surface area contributed by atoms with Crippen molar-refractivity contribution in [3.63, 3.8) is 0 Å². The van der Waals surface area contributed by atoms with Crippen LogP contribution < -0.4 is 0 Å². The lowest BCUT2D eigenvalue weighted by molar-refractivity contribution is -0.136. The Kier molecular flexibility index (Phi) is 12.5. The number of carbonyl (C=O) groups excluding carboxylic acids is 2. The largest absolute Gasteiger partial charge is 0.381 e. The number of amides is 2. The van der Waals surface area contributed by atoms with E-state index in [2.05, 4.69) is 9.13 Å². The van der Waals surface area contributed by atoms with E-state index in [-0.39, 0.29) is 48.4 Å². The number of imidazole rings is 2. The third-order valence-electron chi connectivity index (χ3n) is 14.6. The molecule has 362 valence electrons. The third-order valence-corrected chi connectivity index (χ3v) is 14.6. The molecule has 2 saturated carbocycles. The molecule has 4 aliphatic heterocycles. The van der Waals surface area contributed by atoms with Crippen LogP contribution in [-0.4, -0.2) is 91.2 Å². The molecule has 12 nitrogen and oxygen atoms in total.